The van der Waals surface area contributed by atoms with Crippen LogP contribution in [0.3, 0.4) is 0 Å². The number of epoxide rings is 1. The van der Waals surface area contributed by atoms with Gasteiger partial charge in [0.05, 0.1) is 12.7 Å². The minimum Gasteiger partial charge on any atom is -0.373 e. The Balaban J connectivity index is 1.46. The molecule has 3 fully saturated rings. The first kappa shape index (κ1) is 11.1. The fourth-order valence-electron chi connectivity index (χ4n) is 4.07. The van der Waals surface area contributed by atoms with Gasteiger partial charge in [-0.2, -0.15) is 0 Å². The third-order valence-electron chi connectivity index (χ3n) is 5.43. The quantitative estimate of drug-likeness (QED) is 0.643. The Labute approximate surface area is 99.9 Å². The largest absolute Gasteiger partial charge is 0.373 e. The van der Waals surface area contributed by atoms with E-state index >= 15 is 0 Å². The average Bonchev–Trinajstić information content (AvgIpc) is 3.14. The van der Waals surface area contributed by atoms with Crippen molar-refractivity contribution in [2.75, 3.05) is 6.61 Å². The number of rotatable bonds is 2. The van der Waals surface area contributed by atoms with Crippen LogP contribution in [-0.2, 0) is 4.74 Å². The van der Waals surface area contributed by atoms with Gasteiger partial charge in [0.1, 0.15) is 0 Å². The maximum absolute atomic E-state index is 5.44. The molecule has 0 bridgehead atoms. The Bertz CT molecular complexity index is 218. The molecule has 92 valence electrons. The van der Waals surface area contributed by atoms with Gasteiger partial charge in [-0.1, -0.05) is 19.8 Å². The van der Waals surface area contributed by atoms with Gasteiger partial charge < -0.3 is 4.74 Å². The maximum atomic E-state index is 5.44. The lowest BCUT2D eigenvalue weighted by atomic mass is 9.69. The first-order valence-corrected chi connectivity index (χ1v) is 7.44. The topological polar surface area (TPSA) is 12.5 Å². The van der Waals surface area contributed by atoms with Crippen LogP contribution in [0.25, 0.3) is 0 Å². The zero-order chi connectivity index (χ0) is 11.0. The van der Waals surface area contributed by atoms with Gasteiger partial charge in [0.15, 0.2) is 0 Å². The third-order valence-corrected chi connectivity index (χ3v) is 5.43. The normalized spacial score (nSPS) is 48.9. The van der Waals surface area contributed by atoms with Crippen LogP contribution in [-0.4, -0.2) is 12.7 Å². The summed E-state index contributed by atoms with van der Waals surface area (Å²) >= 11 is 0. The van der Waals surface area contributed by atoms with Crippen LogP contribution in [0.5, 0.6) is 0 Å². The second-order valence-corrected chi connectivity index (χ2v) is 6.57. The van der Waals surface area contributed by atoms with Crippen molar-refractivity contribution in [2.24, 2.45) is 23.7 Å². The molecule has 1 saturated heterocycles. The fourth-order valence-corrected chi connectivity index (χ4v) is 4.07. The molecule has 0 radical (unpaired) electrons. The van der Waals surface area contributed by atoms with Crippen molar-refractivity contribution < 1.29 is 4.74 Å². The lowest BCUT2D eigenvalue weighted by Crippen LogP contribution is -2.26. The summed E-state index contributed by atoms with van der Waals surface area (Å²) < 4.78 is 5.44. The van der Waals surface area contributed by atoms with Crippen molar-refractivity contribution in [1.29, 1.82) is 0 Å². The predicted octanol–water partition coefficient (Wildman–Crippen LogP) is 4.02. The van der Waals surface area contributed by atoms with Gasteiger partial charge in [-0.25, -0.2) is 0 Å². The van der Waals surface area contributed by atoms with Crippen molar-refractivity contribution in [3.05, 3.63) is 0 Å². The van der Waals surface area contributed by atoms with Crippen LogP contribution in [0.2, 0.25) is 0 Å². The van der Waals surface area contributed by atoms with E-state index in [0.29, 0.717) is 6.10 Å². The van der Waals surface area contributed by atoms with E-state index in [-0.39, 0.29) is 0 Å². The molecular weight excluding hydrogens is 196 g/mol. The molecule has 0 amide bonds. The summed E-state index contributed by atoms with van der Waals surface area (Å²) in [5, 5.41) is 0. The zero-order valence-electron chi connectivity index (χ0n) is 10.7. The lowest BCUT2D eigenvalue weighted by Gasteiger charge is -2.37. The predicted molar refractivity (Wildman–Crippen MR) is 66.3 cm³/mol. The van der Waals surface area contributed by atoms with Crippen molar-refractivity contribution in [3.63, 3.8) is 0 Å². The van der Waals surface area contributed by atoms with Crippen molar-refractivity contribution in [1.82, 2.24) is 0 Å². The highest BCUT2D eigenvalue weighted by Gasteiger charge is 2.37. The Hall–Kier alpha value is -0.0400. The molecule has 3 rings (SSSR count). The molecule has 1 atom stereocenters. The standard InChI is InChI=1S/C15H26O/c1-11-2-4-12(5-3-11)13-6-8-14(9-7-13)15-10-16-15/h11-15H,2-10H2,1H3. The van der Waals surface area contributed by atoms with Crippen molar-refractivity contribution in [3.8, 4) is 0 Å². The van der Waals surface area contributed by atoms with Crippen LogP contribution in [0.15, 0.2) is 0 Å². The van der Waals surface area contributed by atoms with E-state index in [1.165, 1.54) is 51.4 Å². The molecule has 16 heavy (non-hydrogen) atoms. The van der Waals surface area contributed by atoms with Crippen LogP contribution >= 0.6 is 0 Å². The first-order chi connectivity index (χ1) is 7.83. The molecule has 2 saturated carbocycles. The van der Waals surface area contributed by atoms with E-state index in [1.807, 2.05) is 0 Å². The summed E-state index contributed by atoms with van der Waals surface area (Å²) in [5.41, 5.74) is 0. The van der Waals surface area contributed by atoms with Crippen LogP contribution in [0.4, 0.5) is 0 Å². The highest BCUT2D eigenvalue weighted by molar-refractivity contribution is 4.86. The fraction of sp³-hybridized carbons (Fsp3) is 1.00. The smallest absolute Gasteiger partial charge is 0.0838 e. The van der Waals surface area contributed by atoms with Crippen LogP contribution in [0, 0.1) is 23.7 Å². The molecule has 0 aromatic rings. The molecule has 0 aromatic heterocycles. The number of hydrogen-bond donors (Lipinski definition) is 0. The van der Waals surface area contributed by atoms with E-state index in [9.17, 15) is 0 Å². The Morgan fingerprint density at radius 2 is 1.12 bits per heavy atom. The summed E-state index contributed by atoms with van der Waals surface area (Å²) in [5.74, 6) is 4.09. The summed E-state index contributed by atoms with van der Waals surface area (Å²) in [4.78, 5) is 0. The van der Waals surface area contributed by atoms with Gasteiger partial charge >= 0.3 is 0 Å². The molecule has 2 aliphatic carbocycles. The molecule has 1 heteroatoms. The highest BCUT2D eigenvalue weighted by Crippen LogP contribution is 2.43. The van der Waals surface area contributed by atoms with E-state index in [0.717, 1.165) is 30.3 Å². The average molecular weight is 222 g/mol. The Morgan fingerprint density at radius 1 is 0.688 bits per heavy atom. The molecule has 3 aliphatic rings. The molecule has 1 unspecified atom stereocenters. The third kappa shape index (κ3) is 2.45. The lowest BCUT2D eigenvalue weighted by molar-refractivity contribution is 0.138. The van der Waals surface area contributed by atoms with Crippen molar-refractivity contribution >= 4 is 0 Å². The highest BCUT2D eigenvalue weighted by atomic mass is 16.6. The summed E-state index contributed by atoms with van der Waals surface area (Å²) in [6.45, 7) is 3.49. The molecule has 0 spiro atoms. The van der Waals surface area contributed by atoms with Gasteiger partial charge in [0, 0.05) is 0 Å². The van der Waals surface area contributed by atoms with Gasteiger partial charge in [0.25, 0.3) is 0 Å². The SMILES string of the molecule is CC1CCC(C2CCC(C3CO3)CC2)CC1. The van der Waals surface area contributed by atoms with Crippen molar-refractivity contribution in [2.45, 2.75) is 64.4 Å². The first-order valence-electron chi connectivity index (χ1n) is 7.44. The van der Waals surface area contributed by atoms with Gasteiger partial charge in [-0.05, 0) is 62.2 Å². The van der Waals surface area contributed by atoms with E-state index in [1.54, 1.807) is 0 Å². The second kappa shape index (κ2) is 4.68. The Kier molecular flexibility index (Phi) is 3.24. The maximum Gasteiger partial charge on any atom is 0.0838 e. The van der Waals surface area contributed by atoms with E-state index < -0.39 is 0 Å². The summed E-state index contributed by atoms with van der Waals surface area (Å²) in [6.07, 6.45) is 12.6. The van der Waals surface area contributed by atoms with Gasteiger partial charge in [-0.3, -0.25) is 0 Å². The summed E-state index contributed by atoms with van der Waals surface area (Å²) in [6, 6.07) is 0. The molecule has 1 aliphatic heterocycles. The van der Waals surface area contributed by atoms with Gasteiger partial charge in [-0.15, -0.1) is 0 Å². The molecule has 0 N–H and O–H groups in total. The van der Waals surface area contributed by atoms with Gasteiger partial charge in [0.2, 0.25) is 0 Å². The molecule has 1 nitrogen and oxygen atoms in total. The summed E-state index contributed by atoms with van der Waals surface area (Å²) in [7, 11) is 0. The van der Waals surface area contributed by atoms with Crippen LogP contribution < -0.4 is 0 Å². The second-order valence-electron chi connectivity index (χ2n) is 6.57. The monoisotopic (exact) mass is 222 g/mol. The zero-order valence-corrected chi connectivity index (χ0v) is 10.7. The Morgan fingerprint density at radius 3 is 1.62 bits per heavy atom. The number of ether oxygens (including phenoxy) is 1. The van der Waals surface area contributed by atoms with E-state index in [4.69, 9.17) is 4.74 Å². The minimum absolute atomic E-state index is 0.673. The molecule has 0 aromatic carbocycles. The number of hydrogen-bond acceptors (Lipinski definition) is 1. The van der Waals surface area contributed by atoms with Crippen LogP contribution in [0.1, 0.15) is 58.3 Å². The molecular formula is C15H26O. The van der Waals surface area contributed by atoms with E-state index in [2.05, 4.69) is 6.92 Å². The molecule has 1 heterocycles. The minimum atomic E-state index is 0.673.